The summed E-state index contributed by atoms with van der Waals surface area (Å²) in [5.41, 5.74) is 0. The first-order chi connectivity index (χ1) is 7.86. The van der Waals surface area contributed by atoms with Crippen LogP contribution in [0.2, 0.25) is 0 Å². The monoisotopic (exact) mass is 216 g/mol. The van der Waals surface area contributed by atoms with Crippen LogP contribution >= 0.6 is 0 Å². The van der Waals surface area contributed by atoms with Crippen molar-refractivity contribution in [3.05, 3.63) is 0 Å². The summed E-state index contributed by atoms with van der Waals surface area (Å²) in [6.45, 7) is 3.66. The van der Waals surface area contributed by atoms with Crippen LogP contribution in [0.1, 0.15) is 0 Å². The van der Waals surface area contributed by atoms with Crippen molar-refractivity contribution < 1.29 is 9.47 Å². The van der Waals surface area contributed by atoms with Gasteiger partial charge in [0.1, 0.15) is 0 Å². The first-order valence-corrected chi connectivity index (χ1v) is 5.94. The molecule has 0 aromatic rings. The van der Waals surface area contributed by atoms with Crippen molar-refractivity contribution in [2.45, 2.75) is 0 Å². The van der Waals surface area contributed by atoms with E-state index in [0.717, 1.165) is 50.1 Å². The third-order valence-corrected chi connectivity index (χ3v) is 4.29. The van der Waals surface area contributed by atoms with E-state index >= 15 is 0 Å². The zero-order chi connectivity index (χ0) is 11.1. The van der Waals surface area contributed by atoms with Gasteiger partial charge >= 0.3 is 0 Å². The van der Waals surface area contributed by atoms with E-state index in [9.17, 15) is 0 Å². The molecule has 4 aliphatic rings. The summed E-state index contributed by atoms with van der Waals surface area (Å²) >= 11 is 0. The minimum absolute atomic E-state index is 0.573. The fraction of sp³-hybridized carbons (Fsp3) is 0.714. The normalized spacial score (nSPS) is 50.1. The highest BCUT2D eigenvalue weighted by molar-refractivity contribution is 5.15. The Hall–Kier alpha value is -0.960. The second-order valence-corrected chi connectivity index (χ2v) is 5.12. The Kier molecular flexibility index (Phi) is 2.43. The van der Waals surface area contributed by atoms with Crippen LogP contribution in [-0.2, 0) is 9.47 Å². The zero-order valence-electron chi connectivity index (χ0n) is 9.26. The number of rotatable bonds is 0. The number of hydrogen-bond donors (Lipinski definition) is 0. The summed E-state index contributed by atoms with van der Waals surface area (Å²) in [5, 5.41) is 0. The van der Waals surface area contributed by atoms with Crippen molar-refractivity contribution in [1.82, 2.24) is 0 Å². The second-order valence-electron chi connectivity index (χ2n) is 5.12. The van der Waals surface area contributed by atoms with Crippen LogP contribution in [0.3, 0.4) is 0 Å². The largest absolute Gasteiger partial charge is 0.381 e. The van der Waals surface area contributed by atoms with E-state index in [4.69, 9.17) is 22.3 Å². The number of fused-ring (bicyclic) bond motifs is 2. The molecule has 2 saturated carbocycles. The molecular formula is C14H16O2. The van der Waals surface area contributed by atoms with Crippen molar-refractivity contribution in [3.8, 4) is 24.7 Å². The maximum Gasteiger partial charge on any atom is 0.0510 e. The predicted molar refractivity (Wildman–Crippen MR) is 60.2 cm³/mol. The van der Waals surface area contributed by atoms with E-state index < -0.39 is 0 Å². The highest BCUT2D eigenvalue weighted by atomic mass is 16.5. The van der Waals surface area contributed by atoms with Gasteiger partial charge in [0.05, 0.1) is 26.4 Å². The lowest BCUT2D eigenvalue weighted by Gasteiger charge is -1.93. The molecule has 0 spiro atoms. The third kappa shape index (κ3) is 1.54. The average Bonchev–Trinajstić information content (AvgIpc) is 2.97. The Bertz CT molecular complexity index is 306. The van der Waals surface area contributed by atoms with E-state index in [1.54, 1.807) is 0 Å². The summed E-state index contributed by atoms with van der Waals surface area (Å²) in [5.74, 6) is 9.61. The molecule has 4 fully saturated rings. The molecule has 4 rings (SSSR count). The van der Waals surface area contributed by atoms with Gasteiger partial charge in [-0.15, -0.1) is 24.7 Å². The lowest BCUT2D eigenvalue weighted by atomic mass is 10.3. The van der Waals surface area contributed by atoms with Crippen molar-refractivity contribution in [3.63, 3.8) is 0 Å². The van der Waals surface area contributed by atoms with E-state index in [1.165, 1.54) is 0 Å². The molecule has 2 heterocycles. The fourth-order valence-corrected chi connectivity index (χ4v) is 2.97. The SMILES string of the molecule is C#CC1[C@H]2COC[C@@H]12.C#CC1[C@H]2COC[C@@H]12. The molecule has 6 atom stereocenters. The molecule has 0 bridgehead atoms. The first kappa shape index (κ1) is 10.2. The van der Waals surface area contributed by atoms with Gasteiger partial charge in [-0.2, -0.15) is 0 Å². The van der Waals surface area contributed by atoms with Gasteiger partial charge < -0.3 is 9.47 Å². The highest BCUT2D eigenvalue weighted by Crippen LogP contribution is 2.50. The second kappa shape index (κ2) is 3.81. The van der Waals surface area contributed by atoms with Gasteiger partial charge in [-0.25, -0.2) is 0 Å². The summed E-state index contributed by atoms with van der Waals surface area (Å²) in [4.78, 5) is 0. The average molecular weight is 216 g/mol. The Balaban J connectivity index is 0.000000101. The van der Waals surface area contributed by atoms with Crippen LogP contribution < -0.4 is 0 Å². The quantitative estimate of drug-likeness (QED) is 0.563. The fourth-order valence-electron chi connectivity index (χ4n) is 2.97. The third-order valence-electron chi connectivity index (χ3n) is 4.29. The van der Waals surface area contributed by atoms with Gasteiger partial charge in [-0.05, 0) is 0 Å². The van der Waals surface area contributed by atoms with Crippen LogP contribution in [0.4, 0.5) is 0 Å². The summed E-state index contributed by atoms with van der Waals surface area (Å²) in [7, 11) is 0. The molecule has 16 heavy (non-hydrogen) atoms. The molecule has 2 unspecified atom stereocenters. The molecule has 0 amide bonds. The van der Waals surface area contributed by atoms with Crippen LogP contribution in [0.25, 0.3) is 0 Å². The van der Waals surface area contributed by atoms with E-state index in [2.05, 4.69) is 11.8 Å². The Morgan fingerprint density at radius 2 is 1.00 bits per heavy atom. The minimum Gasteiger partial charge on any atom is -0.381 e. The zero-order valence-corrected chi connectivity index (χ0v) is 9.26. The lowest BCUT2D eigenvalue weighted by Crippen LogP contribution is -1.94. The van der Waals surface area contributed by atoms with Crippen LogP contribution in [0, 0.1) is 60.2 Å². The Morgan fingerprint density at radius 3 is 1.19 bits per heavy atom. The molecule has 2 aliphatic carbocycles. The molecule has 84 valence electrons. The van der Waals surface area contributed by atoms with Gasteiger partial charge in [-0.1, -0.05) is 0 Å². The van der Waals surface area contributed by atoms with Crippen molar-refractivity contribution in [2.24, 2.45) is 35.5 Å². The number of terminal acetylenes is 2. The highest BCUT2D eigenvalue weighted by Gasteiger charge is 2.53. The van der Waals surface area contributed by atoms with Crippen LogP contribution in [0.5, 0.6) is 0 Å². The molecule has 2 heteroatoms. The number of hydrogen-bond acceptors (Lipinski definition) is 2. The topological polar surface area (TPSA) is 18.5 Å². The molecule has 0 radical (unpaired) electrons. The van der Waals surface area contributed by atoms with Crippen LogP contribution in [-0.4, -0.2) is 26.4 Å². The first-order valence-electron chi connectivity index (χ1n) is 5.94. The maximum absolute atomic E-state index is 5.22. The number of ether oxygens (including phenoxy) is 2. The van der Waals surface area contributed by atoms with Gasteiger partial charge in [0.2, 0.25) is 0 Å². The van der Waals surface area contributed by atoms with E-state index in [0.29, 0.717) is 11.8 Å². The summed E-state index contributed by atoms with van der Waals surface area (Å²) in [6, 6.07) is 0. The van der Waals surface area contributed by atoms with Gasteiger partial charge in [-0.3, -0.25) is 0 Å². The Morgan fingerprint density at radius 1 is 0.688 bits per heavy atom. The van der Waals surface area contributed by atoms with Gasteiger partial charge in [0, 0.05) is 35.5 Å². The molecule has 0 aromatic heterocycles. The smallest absolute Gasteiger partial charge is 0.0510 e. The standard InChI is InChI=1S/2C7H8O/c2*1-2-5-6-3-8-4-7(5)6/h2*1,5-7H,3-4H2/t2*5?,6-,7+. The molecular weight excluding hydrogens is 200 g/mol. The van der Waals surface area contributed by atoms with Crippen LogP contribution in [0.15, 0.2) is 0 Å². The van der Waals surface area contributed by atoms with Crippen molar-refractivity contribution in [2.75, 3.05) is 26.4 Å². The molecule has 0 N–H and O–H groups in total. The maximum atomic E-state index is 5.22. The molecule has 2 aliphatic heterocycles. The van der Waals surface area contributed by atoms with Gasteiger partial charge in [0.15, 0.2) is 0 Å². The minimum atomic E-state index is 0.573. The molecule has 0 aromatic carbocycles. The van der Waals surface area contributed by atoms with Crippen molar-refractivity contribution >= 4 is 0 Å². The summed E-state index contributed by atoms with van der Waals surface area (Å²) in [6.07, 6.45) is 10.4. The lowest BCUT2D eigenvalue weighted by molar-refractivity contribution is 0.158. The Labute approximate surface area is 96.7 Å². The summed E-state index contributed by atoms with van der Waals surface area (Å²) < 4.78 is 10.3. The van der Waals surface area contributed by atoms with E-state index in [-0.39, 0.29) is 0 Å². The van der Waals surface area contributed by atoms with E-state index in [1.807, 2.05) is 0 Å². The van der Waals surface area contributed by atoms with Crippen molar-refractivity contribution in [1.29, 1.82) is 0 Å². The van der Waals surface area contributed by atoms with Gasteiger partial charge in [0.25, 0.3) is 0 Å². The molecule has 2 nitrogen and oxygen atoms in total. The predicted octanol–water partition coefficient (Wildman–Crippen LogP) is 1.02. The molecule has 2 saturated heterocycles.